The van der Waals surface area contributed by atoms with Gasteiger partial charge in [-0.1, -0.05) is 29.3 Å². The number of carbonyl (C=O) groups is 2. The lowest BCUT2D eigenvalue weighted by molar-refractivity contribution is -0.130. The Morgan fingerprint density at radius 3 is 2.66 bits per heavy atom. The third-order valence-corrected chi connectivity index (χ3v) is 7.35. The van der Waals surface area contributed by atoms with Gasteiger partial charge >= 0.3 is 0 Å². The molecule has 0 saturated carbocycles. The second-order valence-corrected chi connectivity index (χ2v) is 9.73. The van der Waals surface area contributed by atoms with Gasteiger partial charge in [0.15, 0.2) is 0 Å². The first-order valence-electron chi connectivity index (χ1n) is 11.4. The zero-order valence-corrected chi connectivity index (χ0v) is 20.2. The molecular formula is C24H33Cl2N3O3. The van der Waals surface area contributed by atoms with Crippen LogP contribution in [-0.2, 0) is 9.59 Å². The highest BCUT2D eigenvalue weighted by Gasteiger charge is 2.35. The number of rotatable bonds is 8. The summed E-state index contributed by atoms with van der Waals surface area (Å²) in [5, 5.41) is 10.6. The Balaban J connectivity index is 1.44. The fourth-order valence-corrected chi connectivity index (χ4v) is 4.76. The minimum Gasteiger partial charge on any atom is -0.394 e. The van der Waals surface area contributed by atoms with Gasteiger partial charge in [-0.25, -0.2) is 0 Å². The molecule has 6 nitrogen and oxygen atoms in total. The van der Waals surface area contributed by atoms with Crippen LogP contribution in [0, 0.1) is 0 Å². The molecule has 1 aromatic carbocycles. The molecule has 2 fully saturated rings. The zero-order valence-electron chi connectivity index (χ0n) is 18.7. The van der Waals surface area contributed by atoms with Gasteiger partial charge in [-0.3, -0.25) is 14.5 Å². The zero-order chi connectivity index (χ0) is 23.1. The Bertz CT molecular complexity index is 848. The lowest BCUT2D eigenvalue weighted by Gasteiger charge is -2.33. The number of benzene rings is 1. The summed E-state index contributed by atoms with van der Waals surface area (Å²) >= 11 is 12.0. The van der Waals surface area contributed by atoms with Crippen LogP contribution in [0.3, 0.4) is 0 Å². The van der Waals surface area contributed by atoms with Gasteiger partial charge in [0.2, 0.25) is 11.8 Å². The number of hydrogen-bond acceptors (Lipinski definition) is 4. The average molecular weight is 482 g/mol. The molecule has 2 heterocycles. The highest BCUT2D eigenvalue weighted by atomic mass is 35.5. The summed E-state index contributed by atoms with van der Waals surface area (Å²) in [6.07, 6.45) is 7.67. The van der Waals surface area contributed by atoms with Crippen molar-refractivity contribution in [3.63, 3.8) is 0 Å². The number of hydrogen-bond donors (Lipinski definition) is 1. The van der Waals surface area contributed by atoms with Gasteiger partial charge in [0.05, 0.1) is 16.7 Å². The summed E-state index contributed by atoms with van der Waals surface area (Å²) in [4.78, 5) is 31.1. The maximum absolute atomic E-state index is 12.6. The van der Waals surface area contributed by atoms with E-state index in [2.05, 4.69) is 11.8 Å². The van der Waals surface area contributed by atoms with E-state index in [1.54, 1.807) is 29.2 Å². The van der Waals surface area contributed by atoms with Crippen LogP contribution in [0.25, 0.3) is 6.08 Å². The van der Waals surface area contributed by atoms with Crippen LogP contribution in [0.5, 0.6) is 0 Å². The van der Waals surface area contributed by atoms with E-state index in [1.807, 2.05) is 4.90 Å². The first kappa shape index (κ1) is 25.0. The van der Waals surface area contributed by atoms with Crippen molar-refractivity contribution in [3.05, 3.63) is 39.9 Å². The number of likely N-dealkylation sites (tertiary alicyclic amines) is 1. The first-order chi connectivity index (χ1) is 15.3. The van der Waals surface area contributed by atoms with Gasteiger partial charge in [-0.2, -0.15) is 0 Å². The van der Waals surface area contributed by atoms with Crippen molar-refractivity contribution >= 4 is 41.1 Å². The molecule has 0 radical (unpaired) electrons. The minimum atomic E-state index is -0.108. The third kappa shape index (κ3) is 6.47. The molecule has 2 saturated heterocycles. The van der Waals surface area contributed by atoms with Crippen molar-refractivity contribution < 1.29 is 14.7 Å². The third-order valence-electron chi connectivity index (χ3n) is 6.62. The molecule has 0 bridgehead atoms. The maximum atomic E-state index is 12.6. The van der Waals surface area contributed by atoms with E-state index in [-0.39, 0.29) is 24.0 Å². The van der Waals surface area contributed by atoms with Crippen molar-refractivity contribution in [1.29, 1.82) is 0 Å². The molecule has 2 aliphatic rings. The fourth-order valence-electron chi connectivity index (χ4n) is 4.46. The van der Waals surface area contributed by atoms with Crippen molar-refractivity contribution in [2.24, 2.45) is 0 Å². The fraction of sp³-hybridized carbons (Fsp3) is 0.583. The molecule has 32 heavy (non-hydrogen) atoms. The van der Waals surface area contributed by atoms with Crippen molar-refractivity contribution in [3.8, 4) is 0 Å². The van der Waals surface area contributed by atoms with Crippen molar-refractivity contribution in [2.45, 2.75) is 44.6 Å². The molecule has 1 aromatic rings. The number of carbonyl (C=O) groups excluding carboxylic acids is 2. The number of nitrogens with zero attached hydrogens (tertiary/aromatic N) is 3. The number of aliphatic hydroxyl groups is 1. The minimum absolute atomic E-state index is 0.0931. The largest absolute Gasteiger partial charge is 0.394 e. The normalized spacial score (nSPS) is 22.7. The summed E-state index contributed by atoms with van der Waals surface area (Å²) in [5.74, 6) is -0.00169. The van der Waals surface area contributed by atoms with Gasteiger partial charge in [-0.05, 0) is 69.5 Å². The molecule has 0 aromatic heterocycles. The second-order valence-electron chi connectivity index (χ2n) is 8.92. The lowest BCUT2D eigenvalue weighted by Crippen LogP contribution is -2.44. The van der Waals surface area contributed by atoms with E-state index in [1.165, 1.54) is 6.08 Å². The van der Waals surface area contributed by atoms with Crippen LogP contribution in [0.1, 0.15) is 44.6 Å². The molecule has 3 rings (SSSR count). The summed E-state index contributed by atoms with van der Waals surface area (Å²) in [5.41, 5.74) is 0.708. The molecule has 0 spiro atoms. The van der Waals surface area contributed by atoms with Crippen molar-refractivity contribution in [1.82, 2.24) is 14.7 Å². The Morgan fingerprint density at radius 1 is 1.12 bits per heavy atom. The molecular weight excluding hydrogens is 449 g/mol. The Labute approximate surface area is 200 Å². The molecule has 2 aliphatic heterocycles. The predicted molar refractivity (Wildman–Crippen MR) is 129 cm³/mol. The Kier molecular flexibility index (Phi) is 9.00. The monoisotopic (exact) mass is 481 g/mol. The van der Waals surface area contributed by atoms with Crippen LogP contribution in [0.4, 0.5) is 0 Å². The van der Waals surface area contributed by atoms with E-state index < -0.39 is 0 Å². The van der Waals surface area contributed by atoms with Gasteiger partial charge < -0.3 is 14.9 Å². The summed E-state index contributed by atoms with van der Waals surface area (Å²) in [6.45, 7) is 6.54. The molecule has 1 unspecified atom stereocenters. The summed E-state index contributed by atoms with van der Waals surface area (Å²) < 4.78 is 0. The Hall–Kier alpha value is -1.60. The maximum Gasteiger partial charge on any atom is 0.246 e. The van der Waals surface area contributed by atoms with Gasteiger partial charge in [0, 0.05) is 44.2 Å². The van der Waals surface area contributed by atoms with Crippen LogP contribution >= 0.6 is 23.2 Å². The topological polar surface area (TPSA) is 64.1 Å². The van der Waals surface area contributed by atoms with Gasteiger partial charge in [0.1, 0.15) is 0 Å². The Morgan fingerprint density at radius 2 is 1.91 bits per heavy atom. The number of unbranched alkanes of at least 4 members (excludes halogenated alkanes) is 1. The lowest BCUT2D eigenvalue weighted by atomic mass is 10.0. The number of aliphatic hydroxyl groups excluding tert-OH is 1. The standard InChI is InChI=1S/C24H33Cl2N3O3/c1-24(18-30)10-4-13-29(24)12-3-2-11-27-15-16-28(14-9-23(27)32)22(31)8-6-19-5-7-20(25)21(26)17-19/h5-8,17,30H,2-4,9-16,18H2,1H3/b8-6+. The predicted octanol–water partition coefficient (Wildman–Crippen LogP) is 3.69. The van der Waals surface area contributed by atoms with Crippen LogP contribution in [0.2, 0.25) is 10.0 Å². The smallest absolute Gasteiger partial charge is 0.246 e. The van der Waals surface area contributed by atoms with E-state index in [0.717, 1.165) is 44.3 Å². The molecule has 2 amide bonds. The molecule has 0 aliphatic carbocycles. The van der Waals surface area contributed by atoms with Crippen molar-refractivity contribution in [2.75, 3.05) is 45.9 Å². The van der Waals surface area contributed by atoms with Gasteiger partial charge in [-0.15, -0.1) is 0 Å². The highest BCUT2D eigenvalue weighted by molar-refractivity contribution is 6.42. The van der Waals surface area contributed by atoms with E-state index >= 15 is 0 Å². The van der Waals surface area contributed by atoms with Crippen LogP contribution in [-0.4, -0.2) is 83.0 Å². The average Bonchev–Trinajstić information content (AvgIpc) is 3.05. The van der Waals surface area contributed by atoms with E-state index in [0.29, 0.717) is 42.6 Å². The highest BCUT2D eigenvalue weighted by Crippen LogP contribution is 2.28. The molecule has 1 atom stereocenters. The second kappa shape index (κ2) is 11.5. The molecule has 176 valence electrons. The number of halogens is 2. The van der Waals surface area contributed by atoms with Crippen LogP contribution < -0.4 is 0 Å². The SMILES string of the molecule is CC1(CO)CCCN1CCCCN1CCN(C(=O)/C=C/c2ccc(Cl)c(Cl)c2)CCC1=O. The quantitative estimate of drug-likeness (QED) is 0.454. The summed E-state index contributed by atoms with van der Waals surface area (Å²) in [6, 6.07) is 5.22. The van der Waals surface area contributed by atoms with E-state index in [9.17, 15) is 14.7 Å². The number of amides is 2. The van der Waals surface area contributed by atoms with Gasteiger partial charge in [0.25, 0.3) is 0 Å². The van der Waals surface area contributed by atoms with Crippen LogP contribution in [0.15, 0.2) is 24.3 Å². The summed E-state index contributed by atoms with van der Waals surface area (Å²) in [7, 11) is 0. The first-order valence-corrected chi connectivity index (χ1v) is 12.1. The van der Waals surface area contributed by atoms with E-state index in [4.69, 9.17) is 23.2 Å². The molecule has 8 heteroatoms. The molecule has 1 N–H and O–H groups in total.